The maximum Gasteiger partial charge on any atom is 0.410 e. The van der Waals surface area contributed by atoms with Gasteiger partial charge >= 0.3 is 12.1 Å². The Kier molecular flexibility index (Phi) is 9.68. The Balaban J connectivity index is 1.61. The van der Waals surface area contributed by atoms with Crippen molar-refractivity contribution in [2.24, 2.45) is 0 Å². The van der Waals surface area contributed by atoms with Crippen molar-refractivity contribution in [2.45, 2.75) is 45.5 Å². The summed E-state index contributed by atoms with van der Waals surface area (Å²) in [6.07, 6.45) is -0.359. The van der Waals surface area contributed by atoms with Crippen LogP contribution in [0.2, 0.25) is 5.02 Å². The highest BCUT2D eigenvalue weighted by Gasteiger charge is 2.35. The number of carbonyl (C=O) groups is 3. The molecule has 0 spiro atoms. The van der Waals surface area contributed by atoms with Crippen LogP contribution in [0.1, 0.15) is 53.9 Å². The van der Waals surface area contributed by atoms with Crippen LogP contribution in [0.25, 0.3) is 0 Å². The number of hydrogen-bond acceptors (Lipinski definition) is 5. The van der Waals surface area contributed by atoms with Gasteiger partial charge in [-0.3, -0.25) is 9.69 Å². The standard InChI is InChI=1S/C32H36ClN3O5/c1-32(2,3)41-31(40)35-19-17-34(18-20-35)28(25-13-15-27(33)16-14-25)29(37)36(21-23-7-5-4-6-8-23)22-24-9-11-26(12-10-24)30(38)39/h4-16,28H,17-22H2,1-3H3,(H,38,39)/t28-/m0/s1. The third-order valence-electron chi connectivity index (χ3n) is 6.85. The van der Waals surface area contributed by atoms with Crippen LogP contribution < -0.4 is 0 Å². The second-order valence-corrected chi connectivity index (χ2v) is 11.6. The molecule has 1 aliphatic rings. The maximum atomic E-state index is 14.5. The van der Waals surface area contributed by atoms with Crippen LogP contribution in [0.4, 0.5) is 4.79 Å². The van der Waals surface area contributed by atoms with Gasteiger partial charge in [-0.1, -0.05) is 66.2 Å². The van der Waals surface area contributed by atoms with Gasteiger partial charge in [-0.2, -0.15) is 0 Å². The molecule has 1 aliphatic heterocycles. The molecule has 1 heterocycles. The molecule has 0 aliphatic carbocycles. The number of hydrogen-bond donors (Lipinski definition) is 1. The number of carbonyl (C=O) groups excluding carboxylic acids is 2. The molecule has 1 fully saturated rings. The first kappa shape index (κ1) is 30.1. The van der Waals surface area contributed by atoms with E-state index in [1.165, 1.54) is 0 Å². The molecule has 41 heavy (non-hydrogen) atoms. The summed E-state index contributed by atoms with van der Waals surface area (Å²) in [6, 6.07) is 23.0. The SMILES string of the molecule is CC(C)(C)OC(=O)N1CCN([C@H](C(=O)N(Cc2ccccc2)Cc2ccc(C(=O)O)cc2)c2ccc(Cl)cc2)CC1. The minimum absolute atomic E-state index is 0.0933. The summed E-state index contributed by atoms with van der Waals surface area (Å²) in [5.41, 5.74) is 2.22. The molecule has 3 aromatic carbocycles. The number of nitrogens with zero attached hydrogens (tertiary/aromatic N) is 3. The molecule has 1 N–H and O–H groups in total. The van der Waals surface area contributed by atoms with Gasteiger partial charge < -0.3 is 19.6 Å². The summed E-state index contributed by atoms with van der Waals surface area (Å²) in [4.78, 5) is 44.1. The molecule has 1 saturated heterocycles. The van der Waals surface area contributed by atoms with E-state index in [0.717, 1.165) is 16.7 Å². The number of amides is 2. The Labute approximate surface area is 246 Å². The third kappa shape index (κ3) is 8.31. The smallest absolute Gasteiger partial charge is 0.410 e. The highest BCUT2D eigenvalue weighted by Crippen LogP contribution is 2.28. The van der Waals surface area contributed by atoms with Gasteiger partial charge in [-0.25, -0.2) is 9.59 Å². The molecule has 0 saturated carbocycles. The number of carboxylic acids is 1. The number of aromatic carboxylic acids is 1. The van der Waals surface area contributed by atoms with E-state index in [1.807, 2.05) is 63.2 Å². The Morgan fingerprint density at radius 2 is 1.41 bits per heavy atom. The van der Waals surface area contributed by atoms with E-state index in [0.29, 0.717) is 44.3 Å². The number of carboxylic acid groups (broad SMARTS) is 1. The molecule has 2 amide bonds. The van der Waals surface area contributed by atoms with Gasteiger partial charge in [0.1, 0.15) is 11.6 Å². The van der Waals surface area contributed by atoms with Crippen LogP contribution >= 0.6 is 11.6 Å². The summed E-state index contributed by atoms with van der Waals surface area (Å²) < 4.78 is 5.55. The lowest BCUT2D eigenvalue weighted by Gasteiger charge is -2.40. The summed E-state index contributed by atoms with van der Waals surface area (Å²) >= 11 is 6.19. The first-order valence-corrected chi connectivity index (χ1v) is 14.0. The normalized spacial score (nSPS) is 14.8. The summed E-state index contributed by atoms with van der Waals surface area (Å²) in [7, 11) is 0. The van der Waals surface area contributed by atoms with Crippen LogP contribution in [-0.2, 0) is 22.6 Å². The molecular formula is C32H36ClN3O5. The van der Waals surface area contributed by atoms with Crippen molar-refractivity contribution in [3.8, 4) is 0 Å². The van der Waals surface area contributed by atoms with Crippen molar-refractivity contribution in [3.63, 3.8) is 0 Å². The van der Waals surface area contributed by atoms with E-state index in [-0.39, 0.29) is 17.6 Å². The van der Waals surface area contributed by atoms with Crippen LogP contribution in [0.5, 0.6) is 0 Å². The largest absolute Gasteiger partial charge is 0.478 e. The molecule has 0 unspecified atom stereocenters. The van der Waals surface area contributed by atoms with E-state index < -0.39 is 17.6 Å². The topological polar surface area (TPSA) is 90.4 Å². The van der Waals surface area contributed by atoms with E-state index >= 15 is 0 Å². The van der Waals surface area contributed by atoms with Gasteiger partial charge in [0.2, 0.25) is 5.91 Å². The van der Waals surface area contributed by atoms with Gasteiger partial charge in [0.05, 0.1) is 5.56 Å². The van der Waals surface area contributed by atoms with E-state index in [1.54, 1.807) is 46.2 Å². The molecule has 1 atom stereocenters. The average molecular weight is 578 g/mol. The van der Waals surface area contributed by atoms with Gasteiger partial charge in [-0.05, 0) is 61.7 Å². The Morgan fingerprint density at radius 3 is 1.95 bits per heavy atom. The van der Waals surface area contributed by atoms with Gasteiger partial charge in [0.25, 0.3) is 0 Å². The Bertz CT molecular complexity index is 1330. The summed E-state index contributed by atoms with van der Waals surface area (Å²) in [6.45, 7) is 8.05. The van der Waals surface area contributed by atoms with Crippen LogP contribution in [0, 0.1) is 0 Å². The number of piperazine rings is 1. The fourth-order valence-electron chi connectivity index (χ4n) is 4.81. The van der Waals surface area contributed by atoms with E-state index in [9.17, 15) is 19.5 Å². The van der Waals surface area contributed by atoms with Crippen molar-refractivity contribution in [2.75, 3.05) is 26.2 Å². The monoisotopic (exact) mass is 577 g/mol. The molecule has 216 valence electrons. The van der Waals surface area contributed by atoms with Crippen molar-refractivity contribution in [1.29, 1.82) is 0 Å². The minimum atomic E-state index is -0.998. The van der Waals surface area contributed by atoms with Crippen LogP contribution in [0.15, 0.2) is 78.9 Å². The number of halogens is 1. The summed E-state index contributed by atoms with van der Waals surface area (Å²) in [5.74, 6) is -1.09. The summed E-state index contributed by atoms with van der Waals surface area (Å²) in [5, 5.41) is 9.88. The predicted molar refractivity (Wildman–Crippen MR) is 158 cm³/mol. The lowest BCUT2D eigenvalue weighted by Crippen LogP contribution is -2.53. The van der Waals surface area contributed by atoms with E-state index in [2.05, 4.69) is 4.90 Å². The lowest BCUT2D eigenvalue weighted by molar-refractivity contribution is -0.139. The fraction of sp³-hybridized carbons (Fsp3) is 0.344. The second kappa shape index (κ2) is 13.2. The van der Waals surface area contributed by atoms with E-state index in [4.69, 9.17) is 16.3 Å². The first-order chi connectivity index (χ1) is 19.5. The highest BCUT2D eigenvalue weighted by molar-refractivity contribution is 6.30. The van der Waals surface area contributed by atoms with Crippen molar-refractivity contribution < 1.29 is 24.2 Å². The zero-order valence-corrected chi connectivity index (χ0v) is 24.4. The molecule has 4 rings (SSSR count). The van der Waals surface area contributed by atoms with Crippen LogP contribution in [0.3, 0.4) is 0 Å². The van der Waals surface area contributed by atoms with Crippen molar-refractivity contribution in [3.05, 3.63) is 106 Å². The number of benzene rings is 3. The second-order valence-electron chi connectivity index (χ2n) is 11.1. The van der Waals surface area contributed by atoms with Gasteiger partial charge in [0.15, 0.2) is 0 Å². The fourth-order valence-corrected chi connectivity index (χ4v) is 4.93. The average Bonchev–Trinajstić information content (AvgIpc) is 2.94. The van der Waals surface area contributed by atoms with Crippen molar-refractivity contribution >= 4 is 29.6 Å². The molecule has 0 aromatic heterocycles. The molecule has 8 nitrogen and oxygen atoms in total. The number of ether oxygens (including phenoxy) is 1. The molecular weight excluding hydrogens is 542 g/mol. The highest BCUT2D eigenvalue weighted by atomic mass is 35.5. The molecule has 0 radical (unpaired) electrons. The maximum absolute atomic E-state index is 14.5. The molecule has 0 bridgehead atoms. The Hall–Kier alpha value is -3.88. The zero-order chi connectivity index (χ0) is 29.6. The molecule has 3 aromatic rings. The molecule has 9 heteroatoms. The van der Waals surface area contributed by atoms with Gasteiger partial charge in [0, 0.05) is 44.3 Å². The third-order valence-corrected chi connectivity index (χ3v) is 7.10. The van der Waals surface area contributed by atoms with Crippen molar-refractivity contribution in [1.82, 2.24) is 14.7 Å². The predicted octanol–water partition coefficient (Wildman–Crippen LogP) is 5.86. The Morgan fingerprint density at radius 1 is 0.854 bits per heavy atom. The lowest BCUT2D eigenvalue weighted by atomic mass is 10.0. The first-order valence-electron chi connectivity index (χ1n) is 13.6. The van der Waals surface area contributed by atoms with Gasteiger partial charge in [-0.15, -0.1) is 0 Å². The van der Waals surface area contributed by atoms with Crippen LogP contribution in [-0.4, -0.2) is 69.6 Å². The zero-order valence-electron chi connectivity index (χ0n) is 23.6. The quantitative estimate of drug-likeness (QED) is 0.361. The minimum Gasteiger partial charge on any atom is -0.478 e. The number of rotatable bonds is 8.